The number of hydrogen-bond acceptors (Lipinski definition) is 0. The maximum Gasteiger partial charge on any atom is -0.0149 e. The van der Waals surface area contributed by atoms with Gasteiger partial charge in [0.2, 0.25) is 0 Å². The molecule has 0 N–H and O–H groups in total. The van der Waals surface area contributed by atoms with Gasteiger partial charge in [0.15, 0.2) is 0 Å². The summed E-state index contributed by atoms with van der Waals surface area (Å²) in [6.45, 7) is 53.9. The van der Waals surface area contributed by atoms with Crippen LogP contribution in [-0.4, -0.2) is 0 Å². The fraction of sp³-hybridized carbons (Fsp3) is 0.429. The third kappa shape index (κ3) is 21.1. The molecule has 0 amide bonds. The maximum atomic E-state index is 2.37. The Hall–Kier alpha value is -6.24. The van der Waals surface area contributed by atoms with Crippen molar-refractivity contribution < 1.29 is 0 Å². The van der Waals surface area contributed by atoms with Crippen LogP contribution in [0.1, 0.15) is 304 Å². The molecule has 0 heterocycles. The Morgan fingerprint density at radius 3 is 0.738 bits per heavy atom. The smallest absolute Gasteiger partial charge is 0.0149 e. The van der Waals surface area contributed by atoms with E-state index in [1.807, 2.05) is 0 Å². The molecule has 0 aliphatic heterocycles. The summed E-state index contributed by atoms with van der Waals surface area (Å²) >= 11 is 0. The van der Waals surface area contributed by atoms with Crippen LogP contribution in [0.3, 0.4) is 0 Å². The van der Waals surface area contributed by atoms with E-state index in [0.29, 0.717) is 71.0 Å². The molecule has 0 aliphatic rings. The highest BCUT2D eigenvalue weighted by Crippen LogP contribution is 2.33. The Balaban J connectivity index is 0.000000217. The van der Waals surface area contributed by atoms with E-state index in [9.17, 15) is 0 Å². The largest absolute Gasteiger partial charge is 0.0620 e. The molecule has 0 fully saturated rings. The molecule has 0 saturated heterocycles. The fourth-order valence-electron chi connectivity index (χ4n) is 10.7. The molecule has 450 valence electrons. The van der Waals surface area contributed by atoms with Crippen LogP contribution in [-0.2, 0) is 0 Å². The van der Waals surface area contributed by atoms with Crippen LogP contribution >= 0.6 is 0 Å². The Morgan fingerprint density at radius 2 is 0.405 bits per heavy atom. The van der Waals surface area contributed by atoms with Crippen molar-refractivity contribution in [2.75, 3.05) is 0 Å². The van der Waals surface area contributed by atoms with Crippen molar-refractivity contribution in [3.63, 3.8) is 0 Å². The van der Waals surface area contributed by atoms with Crippen LogP contribution in [0.25, 0.3) is 32.3 Å². The van der Waals surface area contributed by atoms with Crippen molar-refractivity contribution in [3.05, 3.63) is 249 Å². The summed E-state index contributed by atoms with van der Waals surface area (Å²) in [5.74, 6) is 7.43. The fourth-order valence-corrected chi connectivity index (χ4v) is 10.7. The van der Waals surface area contributed by atoms with E-state index < -0.39 is 0 Å². The molecule has 9 rings (SSSR count). The lowest BCUT2D eigenvalue weighted by Gasteiger charge is -2.14. The molecular weight excluding hydrogens is 1010 g/mol. The highest BCUT2D eigenvalue weighted by atomic mass is 14.2. The number of rotatable bonds is 12. The van der Waals surface area contributed by atoms with Crippen molar-refractivity contribution in [1.29, 1.82) is 0 Å². The average Bonchev–Trinajstić information content (AvgIpc) is 2.30. The number of hydrogen-bond donors (Lipinski definition) is 0. The summed E-state index contributed by atoms with van der Waals surface area (Å²) < 4.78 is 0. The second-order valence-electron chi connectivity index (χ2n) is 27.3. The van der Waals surface area contributed by atoms with Crippen LogP contribution in [0.15, 0.2) is 182 Å². The third-order valence-electron chi connectivity index (χ3n) is 16.4. The van der Waals surface area contributed by atoms with Crippen molar-refractivity contribution >= 4 is 32.3 Å². The molecule has 0 unspecified atom stereocenters. The van der Waals surface area contributed by atoms with Gasteiger partial charge in [0.25, 0.3) is 0 Å². The summed E-state index contributed by atoms with van der Waals surface area (Å²) in [4.78, 5) is 0. The standard InChI is InChI=1S/3C16H20.3C12H18/c2*1-11(2)13-8-9-16-14(10-13)6-5-7-15(16)12(3)4;1-11(2)14-9-13-7-5-6-8-15(13)16(10-14)12(3)4;1-9(2)11-5-7-12(8-6-11)10(3)4;1-9(2)11-6-5-7-12(8-11)10(3)4;1-9(2)11-7-5-6-8-12(11)10(3)4/h3*5-12H,1-4H3;3*5-10H,1-4H3. The van der Waals surface area contributed by atoms with E-state index in [2.05, 4.69) is 348 Å². The molecule has 84 heavy (non-hydrogen) atoms. The summed E-state index contributed by atoms with van der Waals surface area (Å²) in [5.41, 5.74) is 17.4. The summed E-state index contributed by atoms with van der Waals surface area (Å²) in [5, 5.41) is 8.33. The Morgan fingerprint density at radius 1 is 0.155 bits per heavy atom. The van der Waals surface area contributed by atoms with Gasteiger partial charge in [-0.05, 0) is 170 Å². The van der Waals surface area contributed by atoms with Crippen LogP contribution in [0.4, 0.5) is 0 Å². The van der Waals surface area contributed by atoms with E-state index >= 15 is 0 Å². The molecule has 0 atom stereocenters. The Labute approximate surface area is 515 Å². The van der Waals surface area contributed by atoms with E-state index in [0.717, 1.165) is 0 Å². The molecule has 0 heteroatoms. The minimum absolute atomic E-state index is 0.587. The second kappa shape index (κ2) is 34.0. The van der Waals surface area contributed by atoms with Crippen LogP contribution in [0.2, 0.25) is 0 Å². The lowest BCUT2D eigenvalue weighted by Crippen LogP contribution is -1.97. The van der Waals surface area contributed by atoms with Gasteiger partial charge in [-0.2, -0.15) is 0 Å². The van der Waals surface area contributed by atoms with Gasteiger partial charge in [-0.25, -0.2) is 0 Å². The molecule has 9 aromatic rings. The highest BCUT2D eigenvalue weighted by Gasteiger charge is 2.12. The predicted molar refractivity (Wildman–Crippen MR) is 380 cm³/mol. The lowest BCUT2D eigenvalue weighted by atomic mass is 9.90. The quantitative estimate of drug-likeness (QED) is 0.114. The molecule has 0 aromatic heterocycles. The topological polar surface area (TPSA) is 0 Å². The van der Waals surface area contributed by atoms with Crippen LogP contribution in [0, 0.1) is 0 Å². The van der Waals surface area contributed by atoms with Gasteiger partial charge in [0, 0.05) is 0 Å². The van der Waals surface area contributed by atoms with Gasteiger partial charge in [-0.3, -0.25) is 0 Å². The highest BCUT2D eigenvalue weighted by molar-refractivity contribution is 5.88. The predicted octanol–water partition coefficient (Wildman–Crippen LogP) is 27.1. The van der Waals surface area contributed by atoms with Crippen molar-refractivity contribution in [1.82, 2.24) is 0 Å². The molecular formula is C84H114. The average molecular weight is 1120 g/mol. The minimum atomic E-state index is 0.587. The monoisotopic (exact) mass is 1120 g/mol. The Bertz CT molecular complexity index is 3150. The van der Waals surface area contributed by atoms with Gasteiger partial charge in [-0.15, -0.1) is 0 Å². The van der Waals surface area contributed by atoms with Gasteiger partial charge < -0.3 is 0 Å². The minimum Gasteiger partial charge on any atom is -0.0620 e. The maximum absolute atomic E-state index is 2.37. The van der Waals surface area contributed by atoms with E-state index in [1.54, 1.807) is 0 Å². The molecule has 0 radical (unpaired) electrons. The second-order valence-corrected chi connectivity index (χ2v) is 27.3. The molecule has 0 aliphatic carbocycles. The number of fused-ring (bicyclic) bond motifs is 3. The van der Waals surface area contributed by atoms with E-state index in [1.165, 1.54) is 99.1 Å². The van der Waals surface area contributed by atoms with Crippen LogP contribution < -0.4 is 0 Å². The zero-order valence-corrected chi connectivity index (χ0v) is 57.2. The SMILES string of the molecule is CC(C)c1cc(C(C)C)c2ccccc2c1.CC(C)c1ccc(C(C)C)cc1.CC(C)c1ccc2c(C(C)C)cccc2c1.CC(C)c1ccc2c(C(C)C)cccc2c1.CC(C)c1cccc(C(C)C)c1.CC(C)c1ccccc1C(C)C. The van der Waals surface area contributed by atoms with E-state index in [4.69, 9.17) is 0 Å². The van der Waals surface area contributed by atoms with Crippen molar-refractivity contribution in [2.24, 2.45) is 0 Å². The first-order chi connectivity index (χ1) is 39.6. The van der Waals surface area contributed by atoms with Gasteiger partial charge >= 0.3 is 0 Å². The lowest BCUT2D eigenvalue weighted by molar-refractivity contribution is 0.790. The van der Waals surface area contributed by atoms with Crippen molar-refractivity contribution in [3.8, 4) is 0 Å². The van der Waals surface area contributed by atoms with Crippen LogP contribution in [0.5, 0.6) is 0 Å². The normalized spacial score (nSPS) is 11.4. The zero-order chi connectivity index (χ0) is 62.5. The van der Waals surface area contributed by atoms with E-state index in [-0.39, 0.29) is 0 Å². The first-order valence-electron chi connectivity index (χ1n) is 32.5. The summed E-state index contributed by atoms with van der Waals surface area (Å²) in [6.07, 6.45) is 0. The number of benzene rings is 9. The third-order valence-corrected chi connectivity index (χ3v) is 16.4. The van der Waals surface area contributed by atoms with Gasteiger partial charge in [0.05, 0.1) is 0 Å². The molecule has 0 nitrogen and oxygen atoms in total. The first kappa shape index (κ1) is 70.2. The summed E-state index contributed by atoms with van der Waals surface area (Å²) in [6, 6.07) is 66.9. The van der Waals surface area contributed by atoms with Gasteiger partial charge in [-0.1, -0.05) is 348 Å². The molecule has 9 aromatic carbocycles. The first-order valence-corrected chi connectivity index (χ1v) is 32.5. The molecule has 0 spiro atoms. The molecule has 0 bridgehead atoms. The molecule has 0 saturated carbocycles. The van der Waals surface area contributed by atoms with Gasteiger partial charge in [0.1, 0.15) is 0 Å². The zero-order valence-electron chi connectivity index (χ0n) is 57.2. The van der Waals surface area contributed by atoms with Crippen molar-refractivity contribution in [2.45, 2.75) is 237 Å². The Kier molecular flexibility index (Phi) is 28.5. The summed E-state index contributed by atoms with van der Waals surface area (Å²) in [7, 11) is 0.